The first-order chi connectivity index (χ1) is 10.3. The van der Waals surface area contributed by atoms with Gasteiger partial charge in [0.2, 0.25) is 0 Å². The van der Waals surface area contributed by atoms with E-state index in [0.29, 0.717) is 29.7 Å². The van der Waals surface area contributed by atoms with Gasteiger partial charge in [-0.05, 0) is 17.7 Å². The van der Waals surface area contributed by atoms with Crippen LogP contribution in [0.25, 0.3) is 0 Å². The fourth-order valence-corrected chi connectivity index (χ4v) is 2.42. The van der Waals surface area contributed by atoms with Gasteiger partial charge in [0, 0.05) is 18.1 Å². The normalized spacial score (nSPS) is 18.3. The number of benzene rings is 1. The Morgan fingerprint density at radius 3 is 2.86 bits per heavy atom. The fourth-order valence-electron chi connectivity index (χ4n) is 2.30. The molecule has 0 aliphatic carbocycles. The first-order valence-corrected chi connectivity index (χ1v) is 6.98. The molecule has 1 fully saturated rings. The topological polar surface area (TPSA) is 62.0 Å². The van der Waals surface area contributed by atoms with Gasteiger partial charge >= 0.3 is 0 Å². The molecular formula is C15H13ClN4O. The molecule has 2 aromatic rings. The summed E-state index contributed by atoms with van der Waals surface area (Å²) in [5.41, 5.74) is 1.40. The minimum absolute atomic E-state index is 0.0384. The van der Waals surface area contributed by atoms with Gasteiger partial charge in [-0.1, -0.05) is 23.7 Å². The van der Waals surface area contributed by atoms with Crippen LogP contribution in [-0.2, 0) is 4.74 Å². The molecule has 1 atom stereocenters. The van der Waals surface area contributed by atoms with Gasteiger partial charge in [-0.2, -0.15) is 5.26 Å². The molecule has 0 spiro atoms. The number of nitrogens with zero attached hydrogens (tertiary/aromatic N) is 4. The van der Waals surface area contributed by atoms with Crippen LogP contribution >= 0.6 is 11.6 Å². The van der Waals surface area contributed by atoms with Crippen molar-refractivity contribution in [1.29, 1.82) is 5.26 Å². The molecule has 106 valence electrons. The summed E-state index contributed by atoms with van der Waals surface area (Å²) < 4.78 is 5.81. The van der Waals surface area contributed by atoms with E-state index >= 15 is 0 Å². The van der Waals surface area contributed by atoms with Crippen molar-refractivity contribution in [1.82, 2.24) is 9.97 Å². The van der Waals surface area contributed by atoms with Crippen LogP contribution in [0.1, 0.15) is 17.4 Å². The zero-order chi connectivity index (χ0) is 14.7. The average molecular weight is 301 g/mol. The Kier molecular flexibility index (Phi) is 4.00. The first kappa shape index (κ1) is 13.8. The van der Waals surface area contributed by atoms with Crippen LogP contribution in [0.15, 0.2) is 36.7 Å². The summed E-state index contributed by atoms with van der Waals surface area (Å²) in [6.07, 6.45) is 3.09. The van der Waals surface area contributed by atoms with Crippen molar-refractivity contribution in [2.75, 3.05) is 24.6 Å². The van der Waals surface area contributed by atoms with E-state index in [1.165, 1.54) is 6.20 Å². The van der Waals surface area contributed by atoms with Crippen LogP contribution in [0.4, 0.5) is 5.82 Å². The molecule has 0 amide bonds. The highest BCUT2D eigenvalue weighted by Crippen LogP contribution is 2.25. The molecule has 0 saturated carbocycles. The van der Waals surface area contributed by atoms with Crippen molar-refractivity contribution in [2.24, 2.45) is 0 Å². The Bertz CT molecular complexity index is 668. The van der Waals surface area contributed by atoms with Gasteiger partial charge in [-0.25, -0.2) is 4.98 Å². The van der Waals surface area contributed by atoms with E-state index in [9.17, 15) is 0 Å². The predicted octanol–water partition coefficient (Wildman–Crippen LogP) is 2.58. The van der Waals surface area contributed by atoms with Gasteiger partial charge in [0.1, 0.15) is 18.0 Å². The Morgan fingerprint density at radius 2 is 2.10 bits per heavy atom. The van der Waals surface area contributed by atoms with E-state index in [2.05, 4.69) is 14.9 Å². The second-order valence-corrected chi connectivity index (χ2v) is 5.17. The largest absolute Gasteiger partial charge is 0.370 e. The molecule has 0 radical (unpaired) electrons. The number of rotatable bonds is 2. The summed E-state index contributed by atoms with van der Waals surface area (Å²) in [5.74, 6) is 0.705. The summed E-state index contributed by atoms with van der Waals surface area (Å²) in [7, 11) is 0. The molecule has 1 aromatic heterocycles. The maximum absolute atomic E-state index is 8.91. The van der Waals surface area contributed by atoms with Crippen molar-refractivity contribution < 1.29 is 4.74 Å². The van der Waals surface area contributed by atoms with E-state index in [1.54, 1.807) is 6.20 Å². The fraction of sp³-hybridized carbons (Fsp3) is 0.267. The third kappa shape index (κ3) is 3.13. The highest BCUT2D eigenvalue weighted by Gasteiger charge is 2.23. The minimum Gasteiger partial charge on any atom is -0.370 e. The van der Waals surface area contributed by atoms with E-state index in [-0.39, 0.29) is 6.10 Å². The summed E-state index contributed by atoms with van der Waals surface area (Å²) in [4.78, 5) is 10.4. The lowest BCUT2D eigenvalue weighted by molar-refractivity contribution is 0.0395. The lowest BCUT2D eigenvalue weighted by Gasteiger charge is -2.33. The van der Waals surface area contributed by atoms with Crippen LogP contribution < -0.4 is 4.90 Å². The Labute approximate surface area is 127 Å². The van der Waals surface area contributed by atoms with Crippen molar-refractivity contribution in [3.63, 3.8) is 0 Å². The van der Waals surface area contributed by atoms with Crippen molar-refractivity contribution >= 4 is 17.4 Å². The second kappa shape index (κ2) is 6.08. The van der Waals surface area contributed by atoms with Crippen LogP contribution in [0.5, 0.6) is 0 Å². The zero-order valence-corrected chi connectivity index (χ0v) is 12.0. The van der Waals surface area contributed by atoms with E-state index in [0.717, 1.165) is 12.1 Å². The van der Waals surface area contributed by atoms with Gasteiger partial charge in [-0.15, -0.1) is 0 Å². The summed E-state index contributed by atoms with van der Waals surface area (Å²) >= 11 is 5.91. The molecule has 0 bridgehead atoms. The number of halogens is 1. The highest BCUT2D eigenvalue weighted by molar-refractivity contribution is 6.30. The lowest BCUT2D eigenvalue weighted by Crippen LogP contribution is -2.39. The monoisotopic (exact) mass is 300 g/mol. The number of aromatic nitrogens is 2. The SMILES string of the molecule is N#Cc1cncc(N2CCO[C@H](c3ccc(Cl)cc3)C2)n1. The molecular weight excluding hydrogens is 288 g/mol. The Hall–Kier alpha value is -2.16. The van der Waals surface area contributed by atoms with Crippen LogP contribution in [0.2, 0.25) is 5.02 Å². The summed E-state index contributed by atoms with van der Waals surface area (Å²) in [6.45, 7) is 2.00. The third-order valence-corrected chi connectivity index (χ3v) is 3.62. The van der Waals surface area contributed by atoms with Gasteiger partial charge in [-0.3, -0.25) is 4.98 Å². The zero-order valence-electron chi connectivity index (χ0n) is 11.2. The predicted molar refractivity (Wildman–Crippen MR) is 79.1 cm³/mol. The van der Waals surface area contributed by atoms with Crippen LogP contribution in [-0.4, -0.2) is 29.7 Å². The Balaban J connectivity index is 1.79. The molecule has 1 saturated heterocycles. The maximum atomic E-state index is 8.91. The molecule has 2 heterocycles. The Morgan fingerprint density at radius 1 is 1.29 bits per heavy atom. The molecule has 6 heteroatoms. The number of hydrogen-bond donors (Lipinski definition) is 0. The standard InChI is InChI=1S/C15H13ClN4O/c16-12-3-1-11(2-4-12)14-10-20(5-6-21-14)15-9-18-8-13(7-17)19-15/h1-4,8-9,14H,5-6,10H2/t14-/m0/s1. The van der Waals surface area contributed by atoms with Gasteiger partial charge in [0.05, 0.1) is 19.0 Å². The van der Waals surface area contributed by atoms with Crippen molar-refractivity contribution in [3.05, 3.63) is 52.9 Å². The smallest absolute Gasteiger partial charge is 0.161 e. The minimum atomic E-state index is -0.0384. The quantitative estimate of drug-likeness (QED) is 0.853. The van der Waals surface area contributed by atoms with E-state index < -0.39 is 0 Å². The lowest BCUT2D eigenvalue weighted by atomic mass is 10.1. The first-order valence-electron chi connectivity index (χ1n) is 6.60. The number of morpholine rings is 1. The average Bonchev–Trinajstić information content (AvgIpc) is 2.56. The molecule has 0 N–H and O–H groups in total. The molecule has 5 nitrogen and oxygen atoms in total. The molecule has 0 unspecified atom stereocenters. The maximum Gasteiger partial charge on any atom is 0.161 e. The van der Waals surface area contributed by atoms with E-state index in [1.807, 2.05) is 30.3 Å². The van der Waals surface area contributed by atoms with Crippen molar-refractivity contribution in [3.8, 4) is 6.07 Å². The number of hydrogen-bond acceptors (Lipinski definition) is 5. The second-order valence-electron chi connectivity index (χ2n) is 4.73. The van der Waals surface area contributed by atoms with Crippen molar-refractivity contribution in [2.45, 2.75) is 6.10 Å². The molecule has 3 rings (SSSR count). The van der Waals surface area contributed by atoms with Gasteiger partial charge < -0.3 is 9.64 Å². The summed E-state index contributed by atoms with van der Waals surface area (Å²) in [6, 6.07) is 9.65. The van der Waals surface area contributed by atoms with Gasteiger partial charge in [0.15, 0.2) is 5.69 Å². The molecule has 1 aliphatic heterocycles. The van der Waals surface area contributed by atoms with Gasteiger partial charge in [0.25, 0.3) is 0 Å². The summed E-state index contributed by atoms with van der Waals surface area (Å²) in [5, 5.41) is 9.62. The number of nitriles is 1. The highest BCUT2D eigenvalue weighted by atomic mass is 35.5. The number of ether oxygens (including phenoxy) is 1. The molecule has 1 aliphatic rings. The van der Waals surface area contributed by atoms with Crippen LogP contribution in [0, 0.1) is 11.3 Å². The third-order valence-electron chi connectivity index (χ3n) is 3.37. The van der Waals surface area contributed by atoms with E-state index in [4.69, 9.17) is 21.6 Å². The molecule has 1 aromatic carbocycles. The number of anilines is 1. The molecule has 21 heavy (non-hydrogen) atoms. The van der Waals surface area contributed by atoms with Crippen LogP contribution in [0.3, 0.4) is 0 Å².